The number of carbonyl (C=O) groups excluding carboxylic acids is 1. The minimum Gasteiger partial charge on any atom is -0.309 e. The largest absolute Gasteiger partial charge is 0.309 e. The van der Waals surface area contributed by atoms with Gasteiger partial charge in [-0.15, -0.1) is 0 Å². The van der Waals surface area contributed by atoms with E-state index in [1.807, 2.05) is 6.92 Å². The fourth-order valence-electron chi connectivity index (χ4n) is 7.62. The van der Waals surface area contributed by atoms with Crippen molar-refractivity contribution in [2.45, 2.75) is 71.9 Å². The van der Waals surface area contributed by atoms with Crippen LogP contribution in [0.3, 0.4) is 0 Å². The summed E-state index contributed by atoms with van der Waals surface area (Å²) >= 11 is 0. The monoisotopic (exact) mass is 345 g/mol. The highest BCUT2D eigenvalue weighted by Crippen LogP contribution is 2.67. The van der Waals surface area contributed by atoms with E-state index in [1.54, 1.807) is 0 Å². The molecule has 0 bridgehead atoms. The Kier molecular flexibility index (Phi) is 3.84. The molecule has 0 aromatic rings. The van der Waals surface area contributed by atoms with Gasteiger partial charge in [0, 0.05) is 17.0 Å². The molecule has 1 N–H and O–H groups in total. The number of alkyl halides is 1. The van der Waals surface area contributed by atoms with Crippen LogP contribution in [-0.2, 0) is 4.79 Å². The number of Topliss-reactive ketones (excluding diaryl/α,β-unsaturated/α-hetero) is 1. The Bertz CT molecular complexity index is 642. The number of fused-ring (bicyclic) bond motifs is 5. The molecule has 4 fully saturated rings. The highest BCUT2D eigenvalue weighted by Gasteiger charge is 2.63. The molecule has 0 radical (unpaired) electrons. The Balaban J connectivity index is 1.72. The van der Waals surface area contributed by atoms with Crippen LogP contribution in [-0.4, -0.2) is 17.7 Å². The molecule has 138 valence electrons. The first kappa shape index (κ1) is 17.4. The van der Waals surface area contributed by atoms with Crippen molar-refractivity contribution in [2.24, 2.45) is 40.4 Å². The zero-order valence-electron chi connectivity index (χ0n) is 15.9. The van der Waals surface area contributed by atoms with Gasteiger partial charge >= 0.3 is 0 Å². The second-order valence-electron chi connectivity index (χ2n) is 9.79. The standard InChI is InChI=1S/C22H32FNO/c1-5-13-18(24)7-9-21(3)15-6-8-22(4)16(11-17(23)20(22)25)14(15)10-12(2)19(13)21/h13-17,19,24H,2,5-11H2,1,3-4H3/t13-,14?,15?,16?,17?,19?,21+,22-/m0/s1. The summed E-state index contributed by atoms with van der Waals surface area (Å²) in [5.74, 6) is 1.75. The summed E-state index contributed by atoms with van der Waals surface area (Å²) in [6.45, 7) is 11.1. The molecule has 0 spiro atoms. The van der Waals surface area contributed by atoms with Gasteiger partial charge in [-0.25, -0.2) is 4.39 Å². The SMILES string of the molecule is C=C1CC2C(CC[C@]3(C)C(=O)C(F)CC23)[C@@]2(C)CCC(=N)[C@H](CC)C12. The number of hydrogen-bond acceptors (Lipinski definition) is 2. The van der Waals surface area contributed by atoms with Crippen molar-refractivity contribution in [3.05, 3.63) is 12.2 Å². The number of carbonyl (C=O) groups is 1. The van der Waals surface area contributed by atoms with Crippen LogP contribution in [0.4, 0.5) is 4.39 Å². The van der Waals surface area contributed by atoms with E-state index in [0.29, 0.717) is 30.1 Å². The van der Waals surface area contributed by atoms with E-state index in [2.05, 4.69) is 20.4 Å². The molecule has 4 saturated carbocycles. The van der Waals surface area contributed by atoms with Crippen LogP contribution in [0, 0.1) is 45.8 Å². The van der Waals surface area contributed by atoms with Gasteiger partial charge in [0.15, 0.2) is 12.0 Å². The molecule has 5 unspecified atom stereocenters. The Morgan fingerprint density at radius 3 is 2.68 bits per heavy atom. The predicted molar refractivity (Wildman–Crippen MR) is 98.4 cm³/mol. The van der Waals surface area contributed by atoms with Gasteiger partial charge in [0.05, 0.1) is 0 Å². The lowest BCUT2D eigenvalue weighted by molar-refractivity contribution is -0.137. The van der Waals surface area contributed by atoms with E-state index in [9.17, 15) is 9.18 Å². The molecular formula is C22H32FNO. The van der Waals surface area contributed by atoms with Crippen LogP contribution in [0.2, 0.25) is 0 Å². The maximum atomic E-state index is 14.3. The minimum absolute atomic E-state index is 0.134. The summed E-state index contributed by atoms with van der Waals surface area (Å²) in [5.41, 5.74) is 1.91. The van der Waals surface area contributed by atoms with E-state index in [1.165, 1.54) is 5.57 Å². The minimum atomic E-state index is -1.25. The number of hydrogen-bond donors (Lipinski definition) is 1. The molecule has 2 nitrogen and oxygen atoms in total. The Hall–Kier alpha value is -0.990. The molecule has 0 heterocycles. The molecule has 3 heteroatoms. The first-order valence-electron chi connectivity index (χ1n) is 10.2. The van der Waals surface area contributed by atoms with E-state index in [-0.39, 0.29) is 17.1 Å². The van der Waals surface area contributed by atoms with Gasteiger partial charge in [0.1, 0.15) is 0 Å². The number of ketones is 1. The molecule has 8 atom stereocenters. The van der Waals surface area contributed by atoms with Crippen LogP contribution >= 0.6 is 0 Å². The summed E-state index contributed by atoms with van der Waals surface area (Å²) < 4.78 is 14.3. The number of rotatable bonds is 1. The van der Waals surface area contributed by atoms with Crippen molar-refractivity contribution in [1.82, 2.24) is 0 Å². The number of allylic oxidation sites excluding steroid dienone is 1. The predicted octanol–water partition coefficient (Wildman–Crippen LogP) is 5.37. The number of halogens is 1. The van der Waals surface area contributed by atoms with E-state index in [0.717, 1.165) is 44.2 Å². The quantitative estimate of drug-likeness (QED) is 0.638. The van der Waals surface area contributed by atoms with Crippen LogP contribution in [0.15, 0.2) is 12.2 Å². The molecule has 0 aromatic carbocycles. The van der Waals surface area contributed by atoms with Gasteiger partial charge in [0.25, 0.3) is 0 Å². The van der Waals surface area contributed by atoms with Crippen molar-refractivity contribution in [1.29, 1.82) is 5.41 Å². The smallest absolute Gasteiger partial charge is 0.173 e. The van der Waals surface area contributed by atoms with Crippen molar-refractivity contribution >= 4 is 11.5 Å². The molecule has 25 heavy (non-hydrogen) atoms. The highest BCUT2D eigenvalue weighted by molar-refractivity contribution is 5.91. The first-order chi connectivity index (χ1) is 11.7. The van der Waals surface area contributed by atoms with Crippen molar-refractivity contribution in [3.63, 3.8) is 0 Å². The van der Waals surface area contributed by atoms with E-state index < -0.39 is 11.6 Å². The Labute approximate surface area is 151 Å². The van der Waals surface area contributed by atoms with Gasteiger partial charge in [-0.3, -0.25) is 4.79 Å². The van der Waals surface area contributed by atoms with Crippen molar-refractivity contribution < 1.29 is 9.18 Å². The highest BCUT2D eigenvalue weighted by atomic mass is 19.1. The second-order valence-corrected chi connectivity index (χ2v) is 9.79. The van der Waals surface area contributed by atoms with Gasteiger partial charge in [-0.1, -0.05) is 32.9 Å². The average Bonchev–Trinajstić information content (AvgIpc) is 2.80. The maximum absolute atomic E-state index is 14.3. The second kappa shape index (κ2) is 5.50. The van der Waals surface area contributed by atoms with Crippen LogP contribution in [0.25, 0.3) is 0 Å². The summed E-state index contributed by atoms with van der Waals surface area (Å²) in [6, 6.07) is 0. The Morgan fingerprint density at radius 2 is 2.00 bits per heavy atom. The van der Waals surface area contributed by atoms with Gasteiger partial charge < -0.3 is 5.41 Å². The maximum Gasteiger partial charge on any atom is 0.173 e. The van der Waals surface area contributed by atoms with Crippen molar-refractivity contribution in [3.8, 4) is 0 Å². The third-order valence-corrected chi connectivity index (χ3v) is 8.85. The van der Waals surface area contributed by atoms with Crippen molar-refractivity contribution in [2.75, 3.05) is 0 Å². The lowest BCUT2D eigenvalue weighted by Crippen LogP contribution is -2.56. The summed E-state index contributed by atoms with van der Waals surface area (Å²) in [6.07, 6.45) is 4.98. The third-order valence-electron chi connectivity index (χ3n) is 8.85. The first-order valence-corrected chi connectivity index (χ1v) is 10.2. The lowest BCUT2D eigenvalue weighted by atomic mass is 9.42. The molecule has 4 aliphatic rings. The molecule has 0 aliphatic heterocycles. The van der Waals surface area contributed by atoms with E-state index in [4.69, 9.17) is 5.41 Å². The van der Waals surface area contributed by atoms with Gasteiger partial charge in [-0.05, 0) is 74.0 Å². The topological polar surface area (TPSA) is 40.9 Å². The normalized spacial score (nSPS) is 52.6. The molecule has 4 rings (SSSR count). The summed E-state index contributed by atoms with van der Waals surface area (Å²) in [4.78, 5) is 12.5. The zero-order chi connectivity index (χ0) is 18.1. The zero-order valence-corrected chi connectivity index (χ0v) is 15.9. The fraction of sp³-hybridized carbons (Fsp3) is 0.818. The van der Waals surface area contributed by atoms with Crippen LogP contribution in [0.5, 0.6) is 0 Å². The van der Waals surface area contributed by atoms with Crippen LogP contribution < -0.4 is 0 Å². The number of nitrogens with one attached hydrogen (secondary N) is 1. The molecule has 0 saturated heterocycles. The van der Waals surface area contributed by atoms with Gasteiger partial charge in [0.2, 0.25) is 0 Å². The van der Waals surface area contributed by atoms with Crippen LogP contribution in [0.1, 0.15) is 65.7 Å². The average molecular weight is 346 g/mol. The molecule has 4 aliphatic carbocycles. The molecule has 0 aromatic heterocycles. The third kappa shape index (κ3) is 2.13. The van der Waals surface area contributed by atoms with Gasteiger partial charge in [-0.2, -0.15) is 0 Å². The summed E-state index contributed by atoms with van der Waals surface area (Å²) in [5, 5.41) is 8.44. The summed E-state index contributed by atoms with van der Waals surface area (Å²) in [7, 11) is 0. The molecule has 0 amide bonds. The Morgan fingerprint density at radius 1 is 1.28 bits per heavy atom. The van der Waals surface area contributed by atoms with E-state index >= 15 is 0 Å². The fourth-order valence-corrected chi connectivity index (χ4v) is 7.62. The lowest BCUT2D eigenvalue weighted by Gasteiger charge is -2.61. The molecular weight excluding hydrogens is 313 g/mol.